The molecule has 0 nitrogen and oxygen atoms in total. The zero-order valence-electron chi connectivity index (χ0n) is 19.6. The highest BCUT2D eigenvalue weighted by Crippen LogP contribution is 2.22. The molecule has 170 valence electrons. The molecule has 0 heterocycles. The molecule has 0 saturated heterocycles. The third-order valence-electron chi connectivity index (χ3n) is 6.15. The number of rotatable bonds is 23. The fourth-order valence-electron chi connectivity index (χ4n) is 4.07. The lowest BCUT2D eigenvalue weighted by Gasteiger charge is -2.18. The van der Waals surface area contributed by atoms with Crippen molar-refractivity contribution >= 4 is 25.3 Å². The van der Waals surface area contributed by atoms with Crippen LogP contribution in [0.5, 0.6) is 0 Å². The van der Waals surface area contributed by atoms with Gasteiger partial charge in [-0.3, -0.25) is 0 Å². The van der Waals surface area contributed by atoms with Crippen molar-refractivity contribution in [2.45, 2.75) is 166 Å². The lowest BCUT2D eigenvalue weighted by Crippen LogP contribution is -2.15. The third kappa shape index (κ3) is 21.4. The van der Waals surface area contributed by atoms with Crippen LogP contribution in [-0.4, -0.2) is 10.5 Å². The molecule has 0 aromatic carbocycles. The Labute approximate surface area is 190 Å². The topological polar surface area (TPSA) is 0 Å². The van der Waals surface area contributed by atoms with E-state index in [1.54, 1.807) is 0 Å². The van der Waals surface area contributed by atoms with E-state index in [1.807, 2.05) is 0 Å². The molecule has 0 fully saturated rings. The highest BCUT2D eigenvalue weighted by atomic mass is 32.1. The van der Waals surface area contributed by atoms with Crippen LogP contribution in [0.1, 0.15) is 155 Å². The predicted octanol–water partition coefficient (Wildman–Crippen LogP) is 10.2. The van der Waals surface area contributed by atoms with E-state index < -0.39 is 0 Å². The molecular formula is C26H54S2. The van der Waals surface area contributed by atoms with Gasteiger partial charge in [-0.2, -0.15) is 25.3 Å². The normalized spacial score (nSPS) is 13.7. The standard InChI is InChI=1S/C26H54S2/c1-3-5-7-9-11-12-13-14-15-16-18-20-22-24-26(28)25(27)23-21-19-17-10-8-6-4-2/h25-28H,3-24H2,1-2H3. The highest BCUT2D eigenvalue weighted by molar-refractivity contribution is 7.85. The van der Waals surface area contributed by atoms with Gasteiger partial charge in [0, 0.05) is 10.5 Å². The van der Waals surface area contributed by atoms with Gasteiger partial charge in [-0.1, -0.05) is 142 Å². The number of thiol groups is 2. The Hall–Kier alpha value is 0.700. The molecule has 2 atom stereocenters. The molecule has 0 radical (unpaired) electrons. The average Bonchev–Trinajstić information content (AvgIpc) is 2.70. The quantitative estimate of drug-likeness (QED) is 0.117. The van der Waals surface area contributed by atoms with Crippen molar-refractivity contribution in [1.82, 2.24) is 0 Å². The summed E-state index contributed by atoms with van der Waals surface area (Å²) in [4.78, 5) is 0. The summed E-state index contributed by atoms with van der Waals surface area (Å²) in [5, 5.41) is 0.993. The Balaban J connectivity index is 3.27. The number of unbranched alkanes of at least 4 members (excludes halogenated alkanes) is 18. The first-order chi connectivity index (χ1) is 13.7. The van der Waals surface area contributed by atoms with Gasteiger partial charge in [0.25, 0.3) is 0 Å². The van der Waals surface area contributed by atoms with Crippen LogP contribution in [0.2, 0.25) is 0 Å². The van der Waals surface area contributed by atoms with Crippen molar-refractivity contribution in [3.63, 3.8) is 0 Å². The van der Waals surface area contributed by atoms with E-state index in [2.05, 4.69) is 13.8 Å². The molecule has 0 N–H and O–H groups in total. The van der Waals surface area contributed by atoms with E-state index in [0.29, 0.717) is 10.5 Å². The maximum Gasteiger partial charge on any atom is 0.0133 e. The Bertz CT molecular complexity index is 280. The van der Waals surface area contributed by atoms with Crippen LogP contribution >= 0.6 is 25.3 Å². The zero-order valence-corrected chi connectivity index (χ0v) is 21.4. The van der Waals surface area contributed by atoms with Crippen LogP contribution in [0.25, 0.3) is 0 Å². The van der Waals surface area contributed by atoms with Crippen molar-refractivity contribution in [3.05, 3.63) is 0 Å². The molecule has 0 rings (SSSR count). The van der Waals surface area contributed by atoms with Gasteiger partial charge in [-0.05, 0) is 12.8 Å². The Morgan fingerprint density at radius 2 is 0.571 bits per heavy atom. The molecule has 0 bridgehead atoms. The summed E-state index contributed by atoms with van der Waals surface area (Å²) >= 11 is 9.66. The lowest BCUT2D eigenvalue weighted by atomic mass is 10.0. The maximum absolute atomic E-state index is 4.83. The van der Waals surface area contributed by atoms with Crippen molar-refractivity contribution < 1.29 is 0 Å². The summed E-state index contributed by atoms with van der Waals surface area (Å²) < 4.78 is 0. The third-order valence-corrected chi connectivity index (χ3v) is 7.62. The second kappa shape index (κ2) is 24.0. The van der Waals surface area contributed by atoms with Gasteiger partial charge in [0.2, 0.25) is 0 Å². The Kier molecular flexibility index (Phi) is 24.6. The molecule has 0 aromatic rings. The van der Waals surface area contributed by atoms with Gasteiger partial charge in [0.15, 0.2) is 0 Å². The number of hydrogen-bond acceptors (Lipinski definition) is 2. The van der Waals surface area contributed by atoms with E-state index in [-0.39, 0.29) is 0 Å². The van der Waals surface area contributed by atoms with Gasteiger partial charge in [0.1, 0.15) is 0 Å². The van der Waals surface area contributed by atoms with Gasteiger partial charge in [0.05, 0.1) is 0 Å². The van der Waals surface area contributed by atoms with E-state index in [4.69, 9.17) is 25.3 Å². The van der Waals surface area contributed by atoms with E-state index in [9.17, 15) is 0 Å². The summed E-state index contributed by atoms with van der Waals surface area (Å²) in [6.45, 7) is 4.58. The summed E-state index contributed by atoms with van der Waals surface area (Å²) in [6, 6.07) is 0. The second-order valence-electron chi connectivity index (χ2n) is 9.08. The first kappa shape index (κ1) is 28.7. The second-order valence-corrected chi connectivity index (χ2v) is 10.4. The fraction of sp³-hybridized carbons (Fsp3) is 1.00. The molecule has 2 unspecified atom stereocenters. The molecule has 2 heteroatoms. The summed E-state index contributed by atoms with van der Waals surface area (Å²) in [6.07, 6.45) is 30.9. The monoisotopic (exact) mass is 430 g/mol. The van der Waals surface area contributed by atoms with Gasteiger partial charge < -0.3 is 0 Å². The van der Waals surface area contributed by atoms with Gasteiger partial charge in [-0.25, -0.2) is 0 Å². The first-order valence-electron chi connectivity index (χ1n) is 13.1. The minimum Gasteiger partial charge on any atom is -0.175 e. The lowest BCUT2D eigenvalue weighted by molar-refractivity contribution is 0.526. The van der Waals surface area contributed by atoms with Crippen LogP contribution in [0, 0.1) is 0 Å². The maximum atomic E-state index is 4.83. The summed E-state index contributed by atoms with van der Waals surface area (Å²) in [5.74, 6) is 0. The molecule has 0 aromatic heterocycles. The van der Waals surface area contributed by atoms with Crippen molar-refractivity contribution in [1.29, 1.82) is 0 Å². The molecule has 0 aliphatic rings. The Morgan fingerprint density at radius 3 is 0.821 bits per heavy atom. The van der Waals surface area contributed by atoms with Crippen LogP contribution in [0.4, 0.5) is 0 Å². The average molecular weight is 431 g/mol. The van der Waals surface area contributed by atoms with Crippen molar-refractivity contribution in [2.24, 2.45) is 0 Å². The van der Waals surface area contributed by atoms with E-state index in [1.165, 1.54) is 141 Å². The highest BCUT2D eigenvalue weighted by Gasteiger charge is 2.13. The number of hydrogen-bond donors (Lipinski definition) is 2. The Morgan fingerprint density at radius 1 is 0.357 bits per heavy atom. The molecule has 28 heavy (non-hydrogen) atoms. The first-order valence-corrected chi connectivity index (χ1v) is 14.1. The molecule has 0 aliphatic carbocycles. The smallest absolute Gasteiger partial charge is 0.0133 e. The summed E-state index contributed by atoms with van der Waals surface area (Å²) in [7, 11) is 0. The summed E-state index contributed by atoms with van der Waals surface area (Å²) in [5.41, 5.74) is 0. The van der Waals surface area contributed by atoms with Crippen LogP contribution in [-0.2, 0) is 0 Å². The van der Waals surface area contributed by atoms with E-state index >= 15 is 0 Å². The van der Waals surface area contributed by atoms with Crippen LogP contribution in [0.3, 0.4) is 0 Å². The minimum absolute atomic E-state index is 0.496. The largest absolute Gasteiger partial charge is 0.175 e. The van der Waals surface area contributed by atoms with Gasteiger partial charge in [-0.15, -0.1) is 0 Å². The molecular weight excluding hydrogens is 376 g/mol. The van der Waals surface area contributed by atoms with Crippen LogP contribution in [0.15, 0.2) is 0 Å². The molecule has 0 saturated carbocycles. The van der Waals surface area contributed by atoms with Crippen LogP contribution < -0.4 is 0 Å². The molecule has 0 amide bonds. The van der Waals surface area contributed by atoms with Gasteiger partial charge >= 0.3 is 0 Å². The van der Waals surface area contributed by atoms with Crippen molar-refractivity contribution in [3.8, 4) is 0 Å². The molecule has 0 aliphatic heterocycles. The molecule has 0 spiro atoms. The predicted molar refractivity (Wildman–Crippen MR) is 138 cm³/mol. The van der Waals surface area contributed by atoms with E-state index in [0.717, 1.165) is 0 Å². The fourth-order valence-corrected chi connectivity index (χ4v) is 4.73. The SMILES string of the molecule is CCCCCCCCCCCCCCCC(S)C(S)CCCCCCCCC. The minimum atomic E-state index is 0.496. The van der Waals surface area contributed by atoms with Crippen molar-refractivity contribution in [2.75, 3.05) is 0 Å². The zero-order chi connectivity index (χ0) is 20.7.